The summed E-state index contributed by atoms with van der Waals surface area (Å²) in [5.74, 6) is 0.841. The van der Waals surface area contributed by atoms with Crippen molar-refractivity contribution in [2.45, 2.75) is 10.6 Å². The van der Waals surface area contributed by atoms with Crippen LogP contribution in [0.4, 0.5) is 0 Å². The molecule has 2 aromatic carbocycles. The molecule has 0 spiro atoms. The third kappa shape index (κ3) is 6.26. The molecule has 0 fully saturated rings. The molecule has 3 nitrogen and oxygen atoms in total. The van der Waals surface area contributed by atoms with Gasteiger partial charge in [0.1, 0.15) is 0 Å². The molecule has 0 bridgehead atoms. The van der Waals surface area contributed by atoms with Gasteiger partial charge in [0.2, 0.25) is 0 Å². The van der Waals surface area contributed by atoms with Gasteiger partial charge >= 0.3 is 0 Å². The molecule has 122 valence electrons. The average molecular weight is 349 g/mol. The smallest absolute Gasteiger partial charge is 0.251 e. The van der Waals surface area contributed by atoms with E-state index in [2.05, 4.69) is 5.32 Å². The molecule has 0 aliphatic rings. The van der Waals surface area contributed by atoms with Crippen LogP contribution in [0, 0.1) is 0 Å². The number of halogens is 1. The van der Waals surface area contributed by atoms with Crippen molar-refractivity contribution in [3.8, 4) is 0 Å². The molecule has 0 aromatic heterocycles. The van der Waals surface area contributed by atoms with Gasteiger partial charge in [0.15, 0.2) is 0 Å². The van der Waals surface area contributed by atoms with Crippen LogP contribution in [0.2, 0.25) is 5.02 Å². The van der Waals surface area contributed by atoms with E-state index in [-0.39, 0.29) is 5.91 Å². The van der Waals surface area contributed by atoms with Crippen LogP contribution in [0.25, 0.3) is 0 Å². The summed E-state index contributed by atoms with van der Waals surface area (Å²) in [4.78, 5) is 15.2. The maximum Gasteiger partial charge on any atom is 0.251 e. The third-order valence-corrected chi connectivity index (χ3v) is 4.61. The Balaban J connectivity index is 1.84. The van der Waals surface area contributed by atoms with Crippen molar-refractivity contribution in [1.82, 2.24) is 10.2 Å². The molecule has 0 unspecified atom stereocenters. The number of hydrogen-bond acceptors (Lipinski definition) is 3. The molecule has 1 N–H and O–H groups in total. The van der Waals surface area contributed by atoms with Crippen LogP contribution in [0.3, 0.4) is 0 Å². The number of carbonyl (C=O) groups is 1. The van der Waals surface area contributed by atoms with Crippen molar-refractivity contribution in [3.63, 3.8) is 0 Å². The summed E-state index contributed by atoms with van der Waals surface area (Å²) in [6, 6.07) is 15.6. The van der Waals surface area contributed by atoms with E-state index >= 15 is 0 Å². The standard InChI is InChI=1S/C18H21ClN2OS/c1-21(2)12-11-20-18(22)15-5-3-14(4-6-15)13-23-17-9-7-16(19)8-10-17/h3-10H,11-13H2,1-2H3,(H,20,22). The molecule has 1 amide bonds. The molecule has 0 heterocycles. The summed E-state index contributed by atoms with van der Waals surface area (Å²) >= 11 is 7.63. The van der Waals surface area contributed by atoms with Crippen LogP contribution in [0.5, 0.6) is 0 Å². The van der Waals surface area contributed by atoms with Crippen LogP contribution < -0.4 is 5.32 Å². The predicted octanol–water partition coefficient (Wildman–Crippen LogP) is 3.92. The minimum Gasteiger partial charge on any atom is -0.351 e. The minimum atomic E-state index is -0.0243. The Morgan fingerprint density at radius 3 is 2.35 bits per heavy atom. The van der Waals surface area contributed by atoms with Crippen molar-refractivity contribution < 1.29 is 4.79 Å². The molecular formula is C18H21ClN2OS. The van der Waals surface area contributed by atoms with Crippen molar-refractivity contribution in [3.05, 3.63) is 64.7 Å². The number of amides is 1. The zero-order chi connectivity index (χ0) is 16.7. The van der Waals surface area contributed by atoms with Crippen LogP contribution in [-0.2, 0) is 5.75 Å². The first kappa shape index (κ1) is 17.9. The van der Waals surface area contributed by atoms with Gasteiger partial charge in [0.05, 0.1) is 0 Å². The fourth-order valence-corrected chi connectivity index (χ4v) is 2.93. The maximum absolute atomic E-state index is 12.0. The van der Waals surface area contributed by atoms with E-state index in [0.717, 1.165) is 17.3 Å². The normalized spacial score (nSPS) is 10.8. The average Bonchev–Trinajstić information content (AvgIpc) is 2.54. The van der Waals surface area contributed by atoms with Crippen LogP contribution in [-0.4, -0.2) is 38.0 Å². The van der Waals surface area contributed by atoms with Crippen molar-refractivity contribution >= 4 is 29.3 Å². The van der Waals surface area contributed by atoms with Gasteiger partial charge in [0, 0.05) is 34.3 Å². The molecule has 2 rings (SSSR count). The SMILES string of the molecule is CN(C)CCNC(=O)c1ccc(CSc2ccc(Cl)cc2)cc1. The monoisotopic (exact) mass is 348 g/mol. The van der Waals surface area contributed by atoms with Gasteiger partial charge in [-0.25, -0.2) is 0 Å². The van der Waals surface area contributed by atoms with E-state index in [1.807, 2.05) is 67.5 Å². The summed E-state index contributed by atoms with van der Waals surface area (Å²) in [5, 5.41) is 3.66. The Kier molecular flexibility index (Phi) is 6.96. The van der Waals surface area contributed by atoms with Gasteiger partial charge in [-0.15, -0.1) is 11.8 Å². The Labute approximate surface area is 147 Å². The predicted molar refractivity (Wildman–Crippen MR) is 98.3 cm³/mol. The highest BCUT2D eigenvalue weighted by molar-refractivity contribution is 7.98. The van der Waals surface area contributed by atoms with Gasteiger partial charge in [-0.1, -0.05) is 23.7 Å². The van der Waals surface area contributed by atoms with E-state index < -0.39 is 0 Å². The van der Waals surface area contributed by atoms with Gasteiger partial charge in [-0.2, -0.15) is 0 Å². The van der Waals surface area contributed by atoms with Crippen LogP contribution in [0.1, 0.15) is 15.9 Å². The lowest BCUT2D eigenvalue weighted by Gasteiger charge is -2.10. The lowest BCUT2D eigenvalue weighted by Crippen LogP contribution is -2.31. The second kappa shape index (κ2) is 8.96. The van der Waals surface area contributed by atoms with E-state index in [1.165, 1.54) is 10.5 Å². The molecule has 0 aliphatic carbocycles. The lowest BCUT2D eigenvalue weighted by molar-refractivity contribution is 0.0951. The van der Waals surface area contributed by atoms with Crippen molar-refractivity contribution in [2.75, 3.05) is 27.2 Å². The van der Waals surface area contributed by atoms with Crippen molar-refractivity contribution in [2.24, 2.45) is 0 Å². The van der Waals surface area contributed by atoms with E-state index in [0.29, 0.717) is 12.1 Å². The lowest BCUT2D eigenvalue weighted by atomic mass is 10.1. The molecule has 0 saturated heterocycles. The van der Waals surface area contributed by atoms with Gasteiger partial charge in [0.25, 0.3) is 5.91 Å². The second-order valence-corrected chi connectivity index (χ2v) is 6.98. The first-order chi connectivity index (χ1) is 11.0. The molecular weight excluding hydrogens is 328 g/mol. The number of nitrogens with zero attached hydrogens (tertiary/aromatic N) is 1. The summed E-state index contributed by atoms with van der Waals surface area (Å²) < 4.78 is 0. The first-order valence-corrected chi connectivity index (χ1v) is 8.81. The molecule has 0 atom stereocenters. The van der Waals surface area contributed by atoms with E-state index in [9.17, 15) is 4.79 Å². The molecule has 2 aromatic rings. The molecule has 0 radical (unpaired) electrons. The van der Waals surface area contributed by atoms with Crippen LogP contribution >= 0.6 is 23.4 Å². The number of thioether (sulfide) groups is 1. The number of benzene rings is 2. The molecule has 5 heteroatoms. The Hall–Kier alpha value is -1.49. The largest absolute Gasteiger partial charge is 0.351 e. The highest BCUT2D eigenvalue weighted by atomic mass is 35.5. The van der Waals surface area contributed by atoms with Gasteiger partial charge < -0.3 is 10.2 Å². The fraction of sp³-hybridized carbons (Fsp3) is 0.278. The summed E-state index contributed by atoms with van der Waals surface area (Å²) in [6.45, 7) is 1.49. The second-order valence-electron chi connectivity index (χ2n) is 5.50. The number of likely N-dealkylation sites (N-methyl/N-ethyl adjacent to an activating group) is 1. The van der Waals surface area contributed by atoms with E-state index in [4.69, 9.17) is 11.6 Å². The highest BCUT2D eigenvalue weighted by Crippen LogP contribution is 2.24. The quantitative estimate of drug-likeness (QED) is 0.769. The molecule has 0 aliphatic heterocycles. The molecule has 0 saturated carbocycles. The van der Waals surface area contributed by atoms with Crippen molar-refractivity contribution in [1.29, 1.82) is 0 Å². The molecule has 23 heavy (non-hydrogen) atoms. The topological polar surface area (TPSA) is 32.3 Å². The third-order valence-electron chi connectivity index (χ3n) is 3.28. The van der Waals surface area contributed by atoms with E-state index in [1.54, 1.807) is 11.8 Å². The summed E-state index contributed by atoms with van der Waals surface area (Å²) in [5.41, 5.74) is 1.89. The highest BCUT2D eigenvalue weighted by Gasteiger charge is 2.05. The Bertz CT molecular complexity index is 626. The number of hydrogen-bond donors (Lipinski definition) is 1. The zero-order valence-electron chi connectivity index (χ0n) is 13.4. The Morgan fingerprint density at radius 1 is 1.09 bits per heavy atom. The first-order valence-electron chi connectivity index (χ1n) is 7.45. The van der Waals surface area contributed by atoms with Gasteiger partial charge in [-0.05, 0) is 56.1 Å². The number of rotatable bonds is 7. The minimum absolute atomic E-state index is 0.0243. The maximum atomic E-state index is 12.0. The number of nitrogens with one attached hydrogen (secondary N) is 1. The summed E-state index contributed by atoms with van der Waals surface area (Å²) in [6.07, 6.45) is 0. The summed E-state index contributed by atoms with van der Waals surface area (Å²) in [7, 11) is 3.97. The fourth-order valence-electron chi connectivity index (χ4n) is 1.94. The van der Waals surface area contributed by atoms with Crippen LogP contribution in [0.15, 0.2) is 53.4 Å². The zero-order valence-corrected chi connectivity index (χ0v) is 15.0. The van der Waals surface area contributed by atoms with Gasteiger partial charge in [-0.3, -0.25) is 4.79 Å². The Morgan fingerprint density at radius 2 is 1.74 bits per heavy atom. The number of carbonyl (C=O) groups excluding carboxylic acids is 1.